The molecule has 0 saturated heterocycles. The second-order valence-electron chi connectivity index (χ2n) is 7.58. The first-order valence-corrected chi connectivity index (χ1v) is 10.1. The maximum Gasteiger partial charge on any atom is 0.269 e. The first kappa shape index (κ1) is 22.9. The summed E-state index contributed by atoms with van der Waals surface area (Å²) in [5.74, 6) is -0.987. The average Bonchev–Trinajstić information content (AvgIpc) is 3.22. The summed E-state index contributed by atoms with van der Waals surface area (Å²) >= 11 is 0. The molecule has 1 heterocycles. The van der Waals surface area contributed by atoms with E-state index in [0.29, 0.717) is 11.3 Å². The number of rotatable bonds is 5. The summed E-state index contributed by atoms with van der Waals surface area (Å²) in [5, 5.41) is 10.9. The molecule has 0 unspecified atom stereocenters. The van der Waals surface area contributed by atoms with Crippen molar-refractivity contribution in [3.05, 3.63) is 123 Å². The SMILES string of the molecule is O=C(C[n+]1cn(-c2ccccc2)c2c1C(=O)c1ccccc1C2=O)c1ccc([N+](=O)[O-])cc1.[Br-]. The highest BCUT2D eigenvalue weighted by atomic mass is 79.9. The standard InChI is InChI=1S/C25H16N3O5.BrH/c29-21(16-10-12-18(13-11-16)28(32)33)14-26-15-27(17-6-2-1-3-7-17)23-22(26)24(30)19-8-4-5-9-20(19)25(23)31;/h1-13,15H,14H2;1H/q+1;/p-1. The zero-order chi connectivity index (χ0) is 23.1. The van der Waals surface area contributed by atoms with Crippen LogP contribution < -0.4 is 21.5 Å². The minimum atomic E-state index is -0.541. The lowest BCUT2D eigenvalue weighted by Gasteiger charge is -2.12. The topological polar surface area (TPSA) is 103 Å². The number of nitrogens with zero attached hydrogens (tertiary/aromatic N) is 3. The number of imidazole rings is 1. The average molecular weight is 518 g/mol. The summed E-state index contributed by atoms with van der Waals surface area (Å²) < 4.78 is 3.09. The Balaban J connectivity index is 0.00000274. The van der Waals surface area contributed by atoms with Crippen LogP contribution in [-0.4, -0.2) is 26.8 Å². The van der Waals surface area contributed by atoms with Crippen molar-refractivity contribution in [3.63, 3.8) is 0 Å². The van der Waals surface area contributed by atoms with Crippen molar-refractivity contribution in [3.8, 4) is 5.69 Å². The minimum Gasteiger partial charge on any atom is -1.00 e. The fourth-order valence-electron chi connectivity index (χ4n) is 4.01. The van der Waals surface area contributed by atoms with Crippen molar-refractivity contribution in [2.45, 2.75) is 6.54 Å². The van der Waals surface area contributed by atoms with Gasteiger partial charge in [0.15, 0.2) is 6.54 Å². The molecular weight excluding hydrogens is 502 g/mol. The van der Waals surface area contributed by atoms with E-state index in [1.54, 1.807) is 47.3 Å². The summed E-state index contributed by atoms with van der Waals surface area (Å²) in [4.78, 5) is 50.1. The Bertz CT molecular complexity index is 1460. The Kier molecular flexibility index (Phi) is 6.04. The number of ketones is 3. The van der Waals surface area contributed by atoms with Gasteiger partial charge in [-0.3, -0.25) is 24.5 Å². The summed E-state index contributed by atoms with van der Waals surface area (Å²) in [6.45, 7) is -0.207. The zero-order valence-corrected chi connectivity index (χ0v) is 19.1. The van der Waals surface area contributed by atoms with Crippen molar-refractivity contribution in [2.75, 3.05) is 0 Å². The van der Waals surface area contributed by atoms with Gasteiger partial charge < -0.3 is 17.0 Å². The van der Waals surface area contributed by atoms with Crippen LogP contribution in [0.25, 0.3) is 5.69 Å². The summed E-state index contributed by atoms with van der Waals surface area (Å²) in [5.41, 5.74) is 1.76. The van der Waals surface area contributed by atoms with Crippen LogP contribution in [0, 0.1) is 10.1 Å². The van der Waals surface area contributed by atoms with Gasteiger partial charge in [-0.15, -0.1) is 0 Å². The molecule has 34 heavy (non-hydrogen) atoms. The van der Waals surface area contributed by atoms with Gasteiger partial charge in [-0.25, -0.2) is 4.57 Å². The molecule has 0 atom stereocenters. The molecule has 9 heteroatoms. The van der Waals surface area contributed by atoms with Gasteiger partial charge in [-0.2, -0.15) is 4.57 Å². The van der Waals surface area contributed by atoms with Crippen LogP contribution in [0.1, 0.15) is 42.5 Å². The third kappa shape index (κ3) is 3.75. The Labute approximate surface area is 204 Å². The molecule has 0 aliphatic heterocycles. The number of hydrogen-bond donors (Lipinski definition) is 0. The normalized spacial score (nSPS) is 11.9. The number of hydrogen-bond acceptors (Lipinski definition) is 5. The van der Waals surface area contributed by atoms with E-state index in [0.717, 1.165) is 0 Å². The fourth-order valence-corrected chi connectivity index (χ4v) is 4.01. The van der Waals surface area contributed by atoms with Gasteiger partial charge in [-0.05, 0) is 24.3 Å². The van der Waals surface area contributed by atoms with E-state index in [-0.39, 0.29) is 69.1 Å². The number of Topliss-reactive ketones (excluding diaryl/α,β-unsaturated/α-hetero) is 1. The zero-order valence-electron chi connectivity index (χ0n) is 17.6. The van der Waals surface area contributed by atoms with Gasteiger partial charge in [0.25, 0.3) is 12.0 Å². The van der Waals surface area contributed by atoms with Crippen molar-refractivity contribution in [2.24, 2.45) is 0 Å². The Hall–Kier alpha value is -4.24. The van der Waals surface area contributed by atoms with Crippen LogP contribution in [0.4, 0.5) is 5.69 Å². The number of fused-ring (bicyclic) bond motifs is 2. The molecule has 1 aromatic heterocycles. The van der Waals surface area contributed by atoms with Gasteiger partial charge >= 0.3 is 0 Å². The third-order valence-corrected chi connectivity index (χ3v) is 5.60. The maximum absolute atomic E-state index is 13.4. The molecule has 168 valence electrons. The lowest BCUT2D eigenvalue weighted by atomic mass is 9.89. The predicted molar refractivity (Wildman–Crippen MR) is 117 cm³/mol. The number of carbonyl (C=O) groups is 3. The molecular formula is C25H16BrN3O5. The van der Waals surface area contributed by atoms with E-state index in [1.165, 1.54) is 28.8 Å². The van der Waals surface area contributed by atoms with Crippen LogP contribution in [0.5, 0.6) is 0 Å². The third-order valence-electron chi connectivity index (χ3n) is 5.60. The molecule has 0 fully saturated rings. The van der Waals surface area contributed by atoms with E-state index in [4.69, 9.17) is 0 Å². The van der Waals surface area contributed by atoms with Crippen LogP contribution in [0.2, 0.25) is 0 Å². The second kappa shape index (κ2) is 8.95. The monoisotopic (exact) mass is 517 g/mol. The fraction of sp³-hybridized carbons (Fsp3) is 0.0400. The number of para-hydroxylation sites is 1. The van der Waals surface area contributed by atoms with Gasteiger partial charge in [-0.1, -0.05) is 42.5 Å². The molecule has 5 rings (SSSR count). The quantitative estimate of drug-likeness (QED) is 0.145. The summed E-state index contributed by atoms with van der Waals surface area (Å²) in [6, 6.07) is 21.0. The largest absolute Gasteiger partial charge is 1.00 e. The molecule has 0 N–H and O–H groups in total. The highest BCUT2D eigenvalue weighted by molar-refractivity contribution is 6.26. The van der Waals surface area contributed by atoms with Gasteiger partial charge in [0.05, 0.1) is 4.92 Å². The number of non-ortho nitro benzene ring substituents is 1. The number of nitro benzene ring substituents is 1. The van der Waals surface area contributed by atoms with Crippen molar-refractivity contribution >= 4 is 23.0 Å². The van der Waals surface area contributed by atoms with E-state index >= 15 is 0 Å². The Morgan fingerprint density at radius 3 is 2.06 bits per heavy atom. The maximum atomic E-state index is 13.4. The van der Waals surface area contributed by atoms with E-state index in [1.807, 2.05) is 18.2 Å². The van der Waals surface area contributed by atoms with Crippen LogP contribution >= 0.6 is 0 Å². The Morgan fingerprint density at radius 2 is 1.44 bits per heavy atom. The van der Waals surface area contributed by atoms with E-state index in [2.05, 4.69) is 0 Å². The molecule has 0 radical (unpaired) electrons. The molecule has 0 saturated carbocycles. The first-order chi connectivity index (χ1) is 16.0. The lowest BCUT2D eigenvalue weighted by molar-refractivity contribution is -0.684. The molecule has 4 aromatic rings. The van der Waals surface area contributed by atoms with E-state index < -0.39 is 4.92 Å². The molecule has 0 spiro atoms. The molecule has 0 bridgehead atoms. The number of nitro groups is 1. The predicted octanol–water partition coefficient (Wildman–Crippen LogP) is 0.335. The smallest absolute Gasteiger partial charge is 0.269 e. The second-order valence-corrected chi connectivity index (χ2v) is 7.58. The number of halogens is 1. The number of benzene rings is 3. The minimum absolute atomic E-state index is 0. The van der Waals surface area contributed by atoms with Gasteiger partial charge in [0.1, 0.15) is 5.69 Å². The van der Waals surface area contributed by atoms with Crippen LogP contribution in [-0.2, 0) is 6.54 Å². The summed E-state index contributed by atoms with van der Waals surface area (Å²) in [7, 11) is 0. The van der Waals surface area contributed by atoms with Crippen molar-refractivity contribution in [1.29, 1.82) is 0 Å². The molecule has 3 aromatic carbocycles. The van der Waals surface area contributed by atoms with Gasteiger partial charge in [0, 0.05) is 28.8 Å². The van der Waals surface area contributed by atoms with Crippen molar-refractivity contribution in [1.82, 2.24) is 4.57 Å². The van der Waals surface area contributed by atoms with Gasteiger partial charge in [0.2, 0.25) is 28.7 Å². The molecule has 8 nitrogen and oxygen atoms in total. The molecule has 0 amide bonds. The first-order valence-electron chi connectivity index (χ1n) is 10.1. The lowest BCUT2D eigenvalue weighted by Crippen LogP contribution is -3.00. The Morgan fingerprint density at radius 1 is 0.853 bits per heavy atom. The van der Waals surface area contributed by atoms with Crippen LogP contribution in [0.3, 0.4) is 0 Å². The summed E-state index contributed by atoms with van der Waals surface area (Å²) in [6.07, 6.45) is 1.57. The molecule has 1 aliphatic rings. The van der Waals surface area contributed by atoms with Crippen molar-refractivity contribution < 1.29 is 40.9 Å². The highest BCUT2D eigenvalue weighted by Crippen LogP contribution is 2.27. The number of aromatic nitrogens is 2. The molecule has 1 aliphatic carbocycles. The number of carbonyl (C=O) groups excluding carboxylic acids is 3. The van der Waals surface area contributed by atoms with Crippen LogP contribution in [0.15, 0.2) is 85.2 Å². The highest BCUT2D eigenvalue weighted by Gasteiger charge is 2.41. The van der Waals surface area contributed by atoms with E-state index in [9.17, 15) is 24.5 Å².